The van der Waals surface area contributed by atoms with Gasteiger partial charge in [-0.1, -0.05) is 28.1 Å². The lowest BCUT2D eigenvalue weighted by Crippen LogP contribution is -2.13. The predicted octanol–water partition coefficient (Wildman–Crippen LogP) is 3.73. The Kier molecular flexibility index (Phi) is 4.93. The second kappa shape index (κ2) is 6.68. The average Bonchev–Trinajstić information content (AvgIpc) is 2.38. The number of anilines is 1. The molecule has 4 heteroatoms. The number of benzene rings is 2. The minimum absolute atomic E-state index is 0.101. The van der Waals surface area contributed by atoms with E-state index in [1.54, 1.807) is 0 Å². The number of amides is 1. The number of carbonyl (C=O) groups excluding carboxylic acids is 1. The molecule has 0 radical (unpaired) electrons. The third-order valence-corrected chi connectivity index (χ3v) is 3.33. The largest absolute Gasteiger partial charge is 0.322 e. The number of halogens is 1. The Balaban J connectivity index is 2.16. The van der Waals surface area contributed by atoms with E-state index in [9.17, 15) is 4.79 Å². The zero-order chi connectivity index (χ0) is 14.5. The summed E-state index contributed by atoms with van der Waals surface area (Å²) < 4.78 is 0.909. The molecule has 20 heavy (non-hydrogen) atoms. The molecule has 0 aliphatic rings. The van der Waals surface area contributed by atoms with Crippen LogP contribution < -0.4 is 10.6 Å². The van der Waals surface area contributed by atoms with E-state index in [-0.39, 0.29) is 5.91 Å². The normalized spacial score (nSPS) is 10.3. The summed E-state index contributed by atoms with van der Waals surface area (Å²) in [5, 5.41) is 6.02. The number of rotatable bonds is 4. The van der Waals surface area contributed by atoms with E-state index in [0.717, 1.165) is 27.8 Å². The molecule has 0 aromatic heterocycles. The Hall–Kier alpha value is -1.65. The SMILES string of the molecule is CNCc1cccc(NC(=O)c2cc(C)cc(Br)c2)c1. The van der Waals surface area contributed by atoms with E-state index in [2.05, 4.69) is 26.6 Å². The lowest BCUT2D eigenvalue weighted by atomic mass is 10.1. The van der Waals surface area contributed by atoms with Crippen molar-refractivity contribution >= 4 is 27.5 Å². The van der Waals surface area contributed by atoms with E-state index in [1.807, 2.05) is 56.4 Å². The molecular formula is C16H17BrN2O. The molecule has 0 unspecified atom stereocenters. The number of carbonyl (C=O) groups is 1. The summed E-state index contributed by atoms with van der Waals surface area (Å²) in [5.74, 6) is -0.101. The first kappa shape index (κ1) is 14.8. The maximum Gasteiger partial charge on any atom is 0.255 e. The van der Waals surface area contributed by atoms with Crippen LogP contribution in [0, 0.1) is 6.92 Å². The van der Waals surface area contributed by atoms with Gasteiger partial charge in [0.2, 0.25) is 0 Å². The van der Waals surface area contributed by atoms with Crippen LogP contribution in [0.2, 0.25) is 0 Å². The molecule has 2 aromatic carbocycles. The smallest absolute Gasteiger partial charge is 0.255 e. The van der Waals surface area contributed by atoms with E-state index >= 15 is 0 Å². The van der Waals surface area contributed by atoms with Crippen molar-refractivity contribution in [2.75, 3.05) is 12.4 Å². The molecule has 104 valence electrons. The van der Waals surface area contributed by atoms with Crippen LogP contribution in [0.4, 0.5) is 5.69 Å². The van der Waals surface area contributed by atoms with Gasteiger partial charge in [0.15, 0.2) is 0 Å². The van der Waals surface area contributed by atoms with Gasteiger partial charge in [0, 0.05) is 22.3 Å². The van der Waals surface area contributed by atoms with E-state index in [4.69, 9.17) is 0 Å². The standard InChI is InChI=1S/C16H17BrN2O/c1-11-6-13(9-14(17)7-11)16(20)19-15-5-3-4-12(8-15)10-18-2/h3-9,18H,10H2,1-2H3,(H,19,20). The topological polar surface area (TPSA) is 41.1 Å². The van der Waals surface area contributed by atoms with Gasteiger partial charge in [0.1, 0.15) is 0 Å². The fraction of sp³-hybridized carbons (Fsp3) is 0.188. The van der Waals surface area contributed by atoms with Gasteiger partial charge in [-0.05, 0) is 55.4 Å². The minimum atomic E-state index is -0.101. The summed E-state index contributed by atoms with van der Waals surface area (Å²) in [4.78, 5) is 12.2. The molecule has 3 nitrogen and oxygen atoms in total. The molecule has 0 spiro atoms. The van der Waals surface area contributed by atoms with Crippen LogP contribution in [0.3, 0.4) is 0 Å². The van der Waals surface area contributed by atoms with Gasteiger partial charge in [0.05, 0.1) is 0 Å². The highest BCUT2D eigenvalue weighted by molar-refractivity contribution is 9.10. The highest BCUT2D eigenvalue weighted by Gasteiger charge is 2.07. The lowest BCUT2D eigenvalue weighted by Gasteiger charge is -2.08. The molecule has 2 aromatic rings. The second-order valence-electron chi connectivity index (χ2n) is 4.70. The Morgan fingerprint density at radius 1 is 1.20 bits per heavy atom. The summed E-state index contributed by atoms with van der Waals surface area (Å²) >= 11 is 3.41. The summed E-state index contributed by atoms with van der Waals surface area (Å²) in [6.07, 6.45) is 0. The molecule has 0 saturated carbocycles. The first-order valence-corrected chi connectivity index (χ1v) is 7.20. The van der Waals surface area contributed by atoms with Crippen molar-refractivity contribution in [2.45, 2.75) is 13.5 Å². The molecule has 0 fully saturated rings. The Morgan fingerprint density at radius 3 is 2.70 bits per heavy atom. The summed E-state index contributed by atoms with van der Waals surface area (Å²) in [6.45, 7) is 2.74. The molecule has 0 bridgehead atoms. The van der Waals surface area contributed by atoms with Crippen molar-refractivity contribution < 1.29 is 4.79 Å². The van der Waals surface area contributed by atoms with Crippen LogP contribution in [0.15, 0.2) is 46.9 Å². The second-order valence-corrected chi connectivity index (χ2v) is 5.62. The molecule has 1 amide bonds. The Morgan fingerprint density at radius 2 is 2.00 bits per heavy atom. The van der Waals surface area contributed by atoms with Gasteiger partial charge in [-0.2, -0.15) is 0 Å². The first-order valence-electron chi connectivity index (χ1n) is 6.40. The fourth-order valence-electron chi connectivity index (χ4n) is 2.03. The monoisotopic (exact) mass is 332 g/mol. The van der Waals surface area contributed by atoms with Crippen molar-refractivity contribution in [1.82, 2.24) is 5.32 Å². The van der Waals surface area contributed by atoms with Gasteiger partial charge in [-0.15, -0.1) is 0 Å². The van der Waals surface area contributed by atoms with Crippen LogP contribution in [0.1, 0.15) is 21.5 Å². The fourth-order valence-corrected chi connectivity index (χ4v) is 2.64. The van der Waals surface area contributed by atoms with Crippen LogP contribution in [-0.4, -0.2) is 13.0 Å². The molecular weight excluding hydrogens is 316 g/mol. The van der Waals surface area contributed by atoms with Crippen molar-refractivity contribution in [3.05, 3.63) is 63.6 Å². The third-order valence-electron chi connectivity index (χ3n) is 2.87. The van der Waals surface area contributed by atoms with Crippen LogP contribution in [0.25, 0.3) is 0 Å². The number of hydrogen-bond acceptors (Lipinski definition) is 2. The minimum Gasteiger partial charge on any atom is -0.322 e. The van der Waals surface area contributed by atoms with E-state index in [1.165, 1.54) is 0 Å². The maximum atomic E-state index is 12.2. The van der Waals surface area contributed by atoms with Gasteiger partial charge in [-0.25, -0.2) is 0 Å². The summed E-state index contributed by atoms with van der Waals surface area (Å²) in [7, 11) is 1.90. The first-order chi connectivity index (χ1) is 9.58. The third kappa shape index (κ3) is 3.92. The quantitative estimate of drug-likeness (QED) is 0.895. The van der Waals surface area contributed by atoms with Crippen LogP contribution >= 0.6 is 15.9 Å². The lowest BCUT2D eigenvalue weighted by molar-refractivity contribution is 0.102. The number of nitrogens with one attached hydrogen (secondary N) is 2. The van der Waals surface area contributed by atoms with Crippen molar-refractivity contribution in [2.24, 2.45) is 0 Å². The van der Waals surface area contributed by atoms with Gasteiger partial charge in [-0.3, -0.25) is 4.79 Å². The highest BCUT2D eigenvalue weighted by atomic mass is 79.9. The van der Waals surface area contributed by atoms with Gasteiger partial charge in [0.25, 0.3) is 5.91 Å². The molecule has 0 saturated heterocycles. The van der Waals surface area contributed by atoms with Crippen LogP contribution in [0.5, 0.6) is 0 Å². The Bertz CT molecular complexity index is 605. The molecule has 0 aliphatic carbocycles. The van der Waals surface area contributed by atoms with E-state index in [0.29, 0.717) is 5.56 Å². The highest BCUT2D eigenvalue weighted by Crippen LogP contribution is 2.17. The van der Waals surface area contributed by atoms with Crippen molar-refractivity contribution in [3.8, 4) is 0 Å². The number of aryl methyl sites for hydroxylation is 1. The van der Waals surface area contributed by atoms with Crippen molar-refractivity contribution in [3.63, 3.8) is 0 Å². The summed E-state index contributed by atoms with van der Waals surface area (Å²) in [5.41, 5.74) is 3.64. The van der Waals surface area contributed by atoms with Crippen molar-refractivity contribution in [1.29, 1.82) is 0 Å². The molecule has 0 atom stereocenters. The average molecular weight is 333 g/mol. The molecule has 0 aliphatic heterocycles. The molecule has 2 N–H and O–H groups in total. The summed E-state index contributed by atoms with van der Waals surface area (Å²) in [6, 6.07) is 13.5. The zero-order valence-electron chi connectivity index (χ0n) is 11.5. The van der Waals surface area contributed by atoms with Gasteiger partial charge < -0.3 is 10.6 Å². The molecule has 0 heterocycles. The Labute approximate surface area is 127 Å². The van der Waals surface area contributed by atoms with Gasteiger partial charge >= 0.3 is 0 Å². The zero-order valence-corrected chi connectivity index (χ0v) is 13.1. The van der Waals surface area contributed by atoms with Crippen LogP contribution in [-0.2, 0) is 6.54 Å². The van der Waals surface area contributed by atoms with E-state index < -0.39 is 0 Å². The maximum absolute atomic E-state index is 12.2. The molecule has 2 rings (SSSR count). The predicted molar refractivity (Wildman–Crippen MR) is 86.0 cm³/mol. The number of hydrogen-bond donors (Lipinski definition) is 2.